The van der Waals surface area contributed by atoms with Crippen LogP contribution in [0.25, 0.3) is 21.6 Å². The normalized spacial score (nSPS) is 11.6. The topological polar surface area (TPSA) is 0 Å². The SMILES string of the molecule is FC(F)(F)c1csc(-c2ccccc2)c1-c1ccccc1. The van der Waals surface area contributed by atoms with E-state index in [2.05, 4.69) is 0 Å². The molecule has 4 heteroatoms. The van der Waals surface area contributed by atoms with Gasteiger partial charge in [0.2, 0.25) is 0 Å². The van der Waals surface area contributed by atoms with E-state index in [1.54, 1.807) is 30.3 Å². The van der Waals surface area contributed by atoms with E-state index in [-0.39, 0.29) is 5.56 Å². The predicted molar refractivity (Wildman–Crippen MR) is 80.2 cm³/mol. The molecular formula is C17H11F3S. The van der Waals surface area contributed by atoms with Gasteiger partial charge in [-0.15, -0.1) is 11.3 Å². The van der Waals surface area contributed by atoms with Crippen LogP contribution in [0, 0.1) is 0 Å². The lowest BCUT2D eigenvalue weighted by Gasteiger charge is -2.11. The van der Waals surface area contributed by atoms with Gasteiger partial charge in [-0.1, -0.05) is 60.7 Å². The lowest BCUT2D eigenvalue weighted by Crippen LogP contribution is -2.05. The summed E-state index contributed by atoms with van der Waals surface area (Å²) in [5.41, 5.74) is 1.08. The van der Waals surface area contributed by atoms with E-state index in [1.807, 2.05) is 30.3 Å². The summed E-state index contributed by atoms with van der Waals surface area (Å²) in [6.45, 7) is 0. The molecule has 0 nitrogen and oxygen atoms in total. The predicted octanol–water partition coefficient (Wildman–Crippen LogP) is 6.10. The van der Waals surface area contributed by atoms with Crippen LogP contribution in [0.2, 0.25) is 0 Å². The van der Waals surface area contributed by atoms with Gasteiger partial charge in [0.05, 0.1) is 5.56 Å². The first-order chi connectivity index (χ1) is 10.1. The Morgan fingerprint density at radius 2 is 1.24 bits per heavy atom. The zero-order chi connectivity index (χ0) is 14.9. The molecule has 0 unspecified atom stereocenters. The third-order valence-corrected chi connectivity index (χ3v) is 4.22. The Labute approximate surface area is 124 Å². The molecule has 0 saturated heterocycles. The van der Waals surface area contributed by atoms with Gasteiger partial charge in [0, 0.05) is 15.8 Å². The van der Waals surface area contributed by atoms with E-state index in [1.165, 1.54) is 5.38 Å². The molecule has 0 radical (unpaired) electrons. The molecular weight excluding hydrogens is 293 g/mol. The van der Waals surface area contributed by atoms with Crippen LogP contribution in [0.4, 0.5) is 13.2 Å². The first-order valence-electron chi connectivity index (χ1n) is 6.37. The Morgan fingerprint density at radius 1 is 0.714 bits per heavy atom. The third-order valence-electron chi connectivity index (χ3n) is 3.19. The molecule has 0 amide bonds. The van der Waals surface area contributed by atoms with Crippen molar-refractivity contribution in [1.82, 2.24) is 0 Å². The van der Waals surface area contributed by atoms with Crippen LogP contribution in [0.1, 0.15) is 5.56 Å². The average Bonchev–Trinajstić information content (AvgIpc) is 2.94. The van der Waals surface area contributed by atoms with Crippen molar-refractivity contribution in [2.75, 3.05) is 0 Å². The highest BCUT2D eigenvalue weighted by Gasteiger charge is 2.36. The van der Waals surface area contributed by atoms with Crippen LogP contribution in [0.15, 0.2) is 66.0 Å². The molecule has 0 bridgehead atoms. The fraction of sp³-hybridized carbons (Fsp3) is 0.0588. The first kappa shape index (κ1) is 13.9. The Kier molecular flexibility index (Phi) is 3.55. The molecule has 3 rings (SSSR count). The van der Waals surface area contributed by atoms with Crippen molar-refractivity contribution in [2.24, 2.45) is 0 Å². The van der Waals surface area contributed by atoms with Crippen molar-refractivity contribution in [1.29, 1.82) is 0 Å². The number of rotatable bonds is 2. The summed E-state index contributed by atoms with van der Waals surface area (Å²) in [5.74, 6) is 0. The maximum atomic E-state index is 13.3. The van der Waals surface area contributed by atoms with Crippen LogP contribution in [-0.2, 0) is 6.18 Å². The molecule has 0 saturated carbocycles. The van der Waals surface area contributed by atoms with Gasteiger partial charge in [0.1, 0.15) is 0 Å². The molecule has 21 heavy (non-hydrogen) atoms. The lowest BCUT2D eigenvalue weighted by molar-refractivity contribution is -0.136. The molecule has 1 aromatic heterocycles. The quantitative estimate of drug-likeness (QED) is 0.536. The van der Waals surface area contributed by atoms with E-state index >= 15 is 0 Å². The van der Waals surface area contributed by atoms with Crippen LogP contribution >= 0.6 is 11.3 Å². The van der Waals surface area contributed by atoms with Crippen molar-refractivity contribution >= 4 is 11.3 Å². The maximum absolute atomic E-state index is 13.3. The zero-order valence-corrected chi connectivity index (χ0v) is 11.7. The van der Waals surface area contributed by atoms with E-state index < -0.39 is 11.7 Å². The van der Waals surface area contributed by atoms with Gasteiger partial charge in [-0.05, 0) is 11.1 Å². The summed E-state index contributed by atoms with van der Waals surface area (Å²) >= 11 is 1.13. The molecule has 0 aliphatic carbocycles. The first-order valence-corrected chi connectivity index (χ1v) is 7.25. The molecule has 3 aromatic rings. The van der Waals surface area contributed by atoms with E-state index in [0.717, 1.165) is 16.9 Å². The van der Waals surface area contributed by atoms with E-state index in [4.69, 9.17) is 0 Å². The Hall–Kier alpha value is -2.07. The zero-order valence-electron chi connectivity index (χ0n) is 10.9. The summed E-state index contributed by atoms with van der Waals surface area (Å²) < 4.78 is 39.8. The second kappa shape index (κ2) is 5.37. The minimum Gasteiger partial charge on any atom is -0.166 e. The summed E-state index contributed by atoms with van der Waals surface area (Å²) in [7, 11) is 0. The van der Waals surface area contributed by atoms with Gasteiger partial charge in [-0.3, -0.25) is 0 Å². The number of halogens is 3. The van der Waals surface area contributed by atoms with Crippen LogP contribution in [0.5, 0.6) is 0 Å². The summed E-state index contributed by atoms with van der Waals surface area (Å²) in [5, 5.41) is 1.20. The molecule has 2 aromatic carbocycles. The van der Waals surface area contributed by atoms with Crippen molar-refractivity contribution in [3.05, 3.63) is 71.6 Å². The fourth-order valence-corrected chi connectivity index (χ4v) is 3.36. The highest BCUT2D eigenvalue weighted by atomic mass is 32.1. The molecule has 0 N–H and O–H groups in total. The third kappa shape index (κ3) is 2.72. The maximum Gasteiger partial charge on any atom is 0.417 e. The number of alkyl halides is 3. The van der Waals surface area contributed by atoms with Gasteiger partial charge in [0.15, 0.2) is 0 Å². The Morgan fingerprint density at radius 3 is 1.76 bits per heavy atom. The number of hydrogen-bond donors (Lipinski definition) is 0. The summed E-state index contributed by atoms with van der Waals surface area (Å²) in [6, 6.07) is 17.9. The molecule has 0 aliphatic rings. The van der Waals surface area contributed by atoms with Gasteiger partial charge >= 0.3 is 6.18 Å². The molecule has 0 fully saturated rings. The monoisotopic (exact) mass is 304 g/mol. The largest absolute Gasteiger partial charge is 0.417 e. The molecule has 0 aliphatic heterocycles. The molecule has 106 valence electrons. The average molecular weight is 304 g/mol. The van der Waals surface area contributed by atoms with Crippen molar-refractivity contribution in [3.63, 3.8) is 0 Å². The van der Waals surface area contributed by atoms with Crippen molar-refractivity contribution in [2.45, 2.75) is 6.18 Å². The minimum atomic E-state index is -4.35. The van der Waals surface area contributed by atoms with Crippen LogP contribution in [0.3, 0.4) is 0 Å². The molecule has 0 spiro atoms. The van der Waals surface area contributed by atoms with Gasteiger partial charge in [-0.2, -0.15) is 13.2 Å². The molecule has 0 atom stereocenters. The number of hydrogen-bond acceptors (Lipinski definition) is 1. The van der Waals surface area contributed by atoms with Crippen molar-refractivity contribution < 1.29 is 13.2 Å². The highest BCUT2D eigenvalue weighted by molar-refractivity contribution is 7.14. The van der Waals surface area contributed by atoms with E-state index in [9.17, 15) is 13.2 Å². The fourth-order valence-electron chi connectivity index (χ4n) is 2.26. The number of benzene rings is 2. The summed E-state index contributed by atoms with van der Waals surface area (Å²) in [6.07, 6.45) is -4.35. The molecule has 1 heterocycles. The van der Waals surface area contributed by atoms with Crippen LogP contribution < -0.4 is 0 Å². The Bertz CT molecular complexity index is 728. The van der Waals surface area contributed by atoms with Gasteiger partial charge < -0.3 is 0 Å². The summed E-state index contributed by atoms with van der Waals surface area (Å²) in [4.78, 5) is 0.647. The van der Waals surface area contributed by atoms with Crippen molar-refractivity contribution in [3.8, 4) is 21.6 Å². The van der Waals surface area contributed by atoms with Gasteiger partial charge in [0.25, 0.3) is 0 Å². The number of thiophene rings is 1. The Balaban J connectivity index is 2.26. The van der Waals surface area contributed by atoms with Gasteiger partial charge in [-0.25, -0.2) is 0 Å². The smallest absolute Gasteiger partial charge is 0.166 e. The van der Waals surface area contributed by atoms with E-state index in [0.29, 0.717) is 10.4 Å². The lowest BCUT2D eigenvalue weighted by atomic mass is 9.98. The second-order valence-electron chi connectivity index (χ2n) is 4.58. The minimum absolute atomic E-state index is 0.263. The second-order valence-corrected chi connectivity index (χ2v) is 5.46. The van der Waals surface area contributed by atoms with Crippen LogP contribution in [-0.4, -0.2) is 0 Å². The highest BCUT2D eigenvalue weighted by Crippen LogP contribution is 2.46. The standard InChI is InChI=1S/C17H11F3S/c18-17(19,20)14-11-21-16(13-9-5-2-6-10-13)15(14)12-7-3-1-4-8-12/h1-11H.